The van der Waals surface area contributed by atoms with Crippen molar-refractivity contribution in [3.05, 3.63) is 35.4 Å². The maximum absolute atomic E-state index is 10.8. The quantitative estimate of drug-likeness (QED) is 0.788. The molecule has 1 rings (SSSR count). The molecule has 0 aromatic heterocycles. The van der Waals surface area contributed by atoms with Crippen LogP contribution in [0.15, 0.2) is 24.3 Å². The lowest BCUT2D eigenvalue weighted by molar-refractivity contribution is 0.590. The van der Waals surface area contributed by atoms with Crippen molar-refractivity contribution in [1.82, 2.24) is 0 Å². The smallest absolute Gasteiger partial charge is 0.212 e. The van der Waals surface area contributed by atoms with E-state index in [4.69, 9.17) is 10.7 Å². The maximum atomic E-state index is 10.8. The average Bonchev–Trinajstić information content (AvgIpc) is 2.15. The van der Waals surface area contributed by atoms with Crippen molar-refractivity contribution >= 4 is 19.7 Å². The summed E-state index contributed by atoms with van der Waals surface area (Å²) < 4.78 is 21.5. The Bertz CT molecular complexity index is 455. The van der Waals surface area contributed by atoms with Crippen molar-refractivity contribution in [2.75, 3.05) is 5.75 Å². The Morgan fingerprint density at radius 3 is 2.06 bits per heavy atom. The molecular formula is C13H19ClO2S. The number of halogens is 1. The standard InChI is InChI=1S/C13H19ClO2S/c1-13(2,3)12-8-6-11(7-9-12)5-4-10-17(14,15)16/h6-9H,4-5,10H2,1-3H3. The van der Waals surface area contributed by atoms with E-state index in [2.05, 4.69) is 45.0 Å². The predicted molar refractivity (Wildman–Crippen MR) is 73.1 cm³/mol. The van der Waals surface area contributed by atoms with Crippen LogP contribution >= 0.6 is 10.7 Å². The fourth-order valence-electron chi connectivity index (χ4n) is 1.62. The van der Waals surface area contributed by atoms with Gasteiger partial charge in [0, 0.05) is 10.7 Å². The van der Waals surface area contributed by atoms with Crippen LogP contribution in [0.2, 0.25) is 0 Å². The Balaban J connectivity index is 2.58. The highest BCUT2D eigenvalue weighted by Gasteiger charge is 2.12. The SMILES string of the molecule is CC(C)(C)c1ccc(CCCS(=O)(=O)Cl)cc1. The molecule has 17 heavy (non-hydrogen) atoms. The second-order valence-corrected chi connectivity index (χ2v) is 8.19. The van der Waals surface area contributed by atoms with E-state index in [1.165, 1.54) is 5.56 Å². The average molecular weight is 275 g/mol. The van der Waals surface area contributed by atoms with E-state index in [1.807, 2.05) is 0 Å². The fourth-order valence-corrected chi connectivity index (χ4v) is 2.44. The van der Waals surface area contributed by atoms with E-state index in [1.54, 1.807) is 0 Å². The fraction of sp³-hybridized carbons (Fsp3) is 0.538. The van der Waals surface area contributed by atoms with Crippen LogP contribution in [0.4, 0.5) is 0 Å². The molecule has 0 saturated heterocycles. The van der Waals surface area contributed by atoms with Crippen LogP contribution < -0.4 is 0 Å². The lowest BCUT2D eigenvalue weighted by Gasteiger charge is -2.19. The zero-order valence-electron chi connectivity index (χ0n) is 10.5. The van der Waals surface area contributed by atoms with E-state index in [-0.39, 0.29) is 11.2 Å². The summed E-state index contributed by atoms with van der Waals surface area (Å²) in [4.78, 5) is 0. The second-order valence-electron chi connectivity index (χ2n) is 5.29. The third kappa shape index (κ3) is 5.55. The van der Waals surface area contributed by atoms with Gasteiger partial charge in [0.25, 0.3) is 0 Å². The molecule has 4 heteroatoms. The highest BCUT2D eigenvalue weighted by molar-refractivity contribution is 8.13. The topological polar surface area (TPSA) is 34.1 Å². The minimum absolute atomic E-state index is 0.0373. The molecule has 0 heterocycles. The first-order chi connectivity index (χ1) is 7.68. The molecule has 2 nitrogen and oxygen atoms in total. The van der Waals surface area contributed by atoms with Crippen LogP contribution in [0.3, 0.4) is 0 Å². The van der Waals surface area contributed by atoms with Gasteiger partial charge in [0.1, 0.15) is 0 Å². The van der Waals surface area contributed by atoms with E-state index < -0.39 is 9.05 Å². The molecule has 0 N–H and O–H groups in total. The van der Waals surface area contributed by atoms with Crippen molar-refractivity contribution in [2.24, 2.45) is 0 Å². The van der Waals surface area contributed by atoms with Gasteiger partial charge in [-0.2, -0.15) is 0 Å². The van der Waals surface area contributed by atoms with Gasteiger partial charge in [-0.05, 0) is 29.4 Å². The Labute approximate surface area is 108 Å². The summed E-state index contributed by atoms with van der Waals surface area (Å²) in [6, 6.07) is 8.32. The minimum Gasteiger partial charge on any atom is -0.212 e. The normalized spacial score (nSPS) is 12.7. The molecule has 0 fully saturated rings. The zero-order valence-corrected chi connectivity index (χ0v) is 12.1. The Morgan fingerprint density at radius 1 is 1.12 bits per heavy atom. The summed E-state index contributed by atoms with van der Waals surface area (Å²) in [5, 5.41) is 0. The van der Waals surface area contributed by atoms with Crippen molar-refractivity contribution in [1.29, 1.82) is 0 Å². The first-order valence-electron chi connectivity index (χ1n) is 5.70. The van der Waals surface area contributed by atoms with Gasteiger partial charge in [0.05, 0.1) is 5.75 Å². The first kappa shape index (κ1) is 14.5. The van der Waals surface area contributed by atoms with Gasteiger partial charge < -0.3 is 0 Å². The van der Waals surface area contributed by atoms with E-state index in [0.717, 1.165) is 12.0 Å². The van der Waals surface area contributed by atoms with Gasteiger partial charge in [-0.25, -0.2) is 8.42 Å². The van der Waals surface area contributed by atoms with Gasteiger partial charge in [-0.1, -0.05) is 45.0 Å². The molecule has 0 atom stereocenters. The summed E-state index contributed by atoms with van der Waals surface area (Å²) in [5.74, 6) is 0.0373. The van der Waals surface area contributed by atoms with Crippen LogP contribution in [0.25, 0.3) is 0 Å². The van der Waals surface area contributed by atoms with E-state index in [0.29, 0.717) is 6.42 Å². The monoisotopic (exact) mass is 274 g/mol. The van der Waals surface area contributed by atoms with Crippen LogP contribution in [-0.4, -0.2) is 14.2 Å². The lowest BCUT2D eigenvalue weighted by Crippen LogP contribution is -2.10. The summed E-state index contributed by atoms with van der Waals surface area (Å²) in [6.07, 6.45) is 1.32. The molecule has 0 saturated carbocycles. The molecule has 96 valence electrons. The van der Waals surface area contributed by atoms with Crippen molar-refractivity contribution in [3.63, 3.8) is 0 Å². The predicted octanol–water partition coefficient (Wildman–Crippen LogP) is 3.49. The number of hydrogen-bond donors (Lipinski definition) is 0. The van der Waals surface area contributed by atoms with Crippen LogP contribution in [0.5, 0.6) is 0 Å². The van der Waals surface area contributed by atoms with Gasteiger partial charge in [0.2, 0.25) is 9.05 Å². The summed E-state index contributed by atoms with van der Waals surface area (Å²) >= 11 is 0. The second kappa shape index (κ2) is 5.40. The van der Waals surface area contributed by atoms with Crippen LogP contribution in [-0.2, 0) is 20.9 Å². The van der Waals surface area contributed by atoms with Crippen LogP contribution in [0, 0.1) is 0 Å². The highest BCUT2D eigenvalue weighted by Crippen LogP contribution is 2.22. The summed E-state index contributed by atoms with van der Waals surface area (Å²) in [6.45, 7) is 6.51. The Kier molecular flexibility index (Phi) is 4.62. The molecule has 0 aliphatic carbocycles. The molecule has 1 aromatic carbocycles. The van der Waals surface area contributed by atoms with Crippen molar-refractivity contribution in [3.8, 4) is 0 Å². The van der Waals surface area contributed by atoms with Gasteiger partial charge in [-0.3, -0.25) is 0 Å². The molecular weight excluding hydrogens is 256 g/mol. The van der Waals surface area contributed by atoms with Gasteiger partial charge >= 0.3 is 0 Å². The summed E-state index contributed by atoms with van der Waals surface area (Å²) in [5.41, 5.74) is 2.59. The van der Waals surface area contributed by atoms with Crippen molar-refractivity contribution < 1.29 is 8.42 Å². The minimum atomic E-state index is -3.35. The molecule has 0 spiro atoms. The van der Waals surface area contributed by atoms with E-state index >= 15 is 0 Å². The molecule has 1 aromatic rings. The zero-order chi connectivity index (χ0) is 13.1. The molecule has 0 bridgehead atoms. The van der Waals surface area contributed by atoms with Crippen molar-refractivity contribution in [2.45, 2.75) is 39.0 Å². The first-order valence-corrected chi connectivity index (χ1v) is 8.18. The molecule has 0 unspecified atom stereocenters. The maximum Gasteiger partial charge on any atom is 0.232 e. The number of rotatable bonds is 4. The molecule has 0 amide bonds. The Hall–Kier alpha value is -0.540. The highest BCUT2D eigenvalue weighted by atomic mass is 35.7. The third-order valence-electron chi connectivity index (χ3n) is 2.67. The summed E-state index contributed by atoms with van der Waals surface area (Å²) in [7, 11) is 1.80. The van der Waals surface area contributed by atoms with Gasteiger partial charge in [-0.15, -0.1) is 0 Å². The van der Waals surface area contributed by atoms with Crippen LogP contribution in [0.1, 0.15) is 38.3 Å². The lowest BCUT2D eigenvalue weighted by atomic mass is 9.86. The number of hydrogen-bond acceptors (Lipinski definition) is 2. The number of benzene rings is 1. The third-order valence-corrected chi connectivity index (χ3v) is 3.91. The number of aryl methyl sites for hydroxylation is 1. The van der Waals surface area contributed by atoms with E-state index in [9.17, 15) is 8.42 Å². The molecule has 0 aliphatic heterocycles. The Morgan fingerprint density at radius 2 is 1.65 bits per heavy atom. The molecule has 0 aliphatic rings. The van der Waals surface area contributed by atoms with Gasteiger partial charge in [0.15, 0.2) is 0 Å². The molecule has 0 radical (unpaired) electrons. The largest absolute Gasteiger partial charge is 0.232 e.